The third-order valence-electron chi connectivity index (χ3n) is 3.15. The number of nitrogens with zero attached hydrogens (tertiary/aromatic N) is 4. The fraction of sp³-hybridized carbons (Fsp3) is 0.214. The van der Waals surface area contributed by atoms with E-state index in [1.54, 1.807) is 6.92 Å². The molecular formula is C14H11F2N5O3S. The highest BCUT2D eigenvalue weighted by Gasteiger charge is 2.13. The Bertz CT molecular complexity index is 971. The third-order valence-corrected chi connectivity index (χ3v) is 4.07. The summed E-state index contributed by atoms with van der Waals surface area (Å²) in [5.74, 6) is -0.0350. The Kier molecular flexibility index (Phi) is 4.74. The summed E-state index contributed by atoms with van der Waals surface area (Å²) >= 11 is 1.09. The van der Waals surface area contributed by atoms with Crippen LogP contribution in [0.25, 0.3) is 5.78 Å². The van der Waals surface area contributed by atoms with Crippen molar-refractivity contribution in [3.8, 4) is 5.75 Å². The van der Waals surface area contributed by atoms with Crippen LogP contribution in [0.5, 0.6) is 5.75 Å². The van der Waals surface area contributed by atoms with Crippen LogP contribution in [0.3, 0.4) is 0 Å². The standard InChI is InChI=1S/C14H11F2N5O3S/c1-7-11(23)17-13-18-19-14(21(13)20-7)25-6-10(22)8-2-4-9(5-3-8)24-12(15)16/h2-5,12H,6H2,1H3,(H,17,18,23). The summed E-state index contributed by atoms with van der Waals surface area (Å²) in [6, 6.07) is 5.41. The van der Waals surface area contributed by atoms with E-state index >= 15 is 0 Å². The molecule has 0 bridgehead atoms. The maximum absolute atomic E-state index is 12.2. The highest BCUT2D eigenvalue weighted by molar-refractivity contribution is 7.99. The number of nitrogens with one attached hydrogen (secondary N) is 1. The summed E-state index contributed by atoms with van der Waals surface area (Å²) in [5, 5.41) is 12.1. The van der Waals surface area contributed by atoms with Gasteiger partial charge >= 0.3 is 6.61 Å². The van der Waals surface area contributed by atoms with Crippen LogP contribution in [0.15, 0.2) is 34.2 Å². The van der Waals surface area contributed by atoms with Gasteiger partial charge in [-0.05, 0) is 31.2 Å². The van der Waals surface area contributed by atoms with E-state index in [1.807, 2.05) is 0 Å². The monoisotopic (exact) mass is 367 g/mol. The lowest BCUT2D eigenvalue weighted by atomic mass is 10.1. The van der Waals surface area contributed by atoms with Crippen molar-refractivity contribution in [2.75, 3.05) is 5.75 Å². The van der Waals surface area contributed by atoms with Gasteiger partial charge in [-0.2, -0.15) is 18.4 Å². The lowest BCUT2D eigenvalue weighted by molar-refractivity contribution is -0.0498. The molecule has 0 atom stereocenters. The number of aromatic nitrogens is 5. The summed E-state index contributed by atoms with van der Waals surface area (Å²) < 4.78 is 29.8. The lowest BCUT2D eigenvalue weighted by Crippen LogP contribution is -2.15. The van der Waals surface area contributed by atoms with Crippen LogP contribution in [0, 0.1) is 6.92 Å². The van der Waals surface area contributed by atoms with Gasteiger partial charge in [-0.1, -0.05) is 11.8 Å². The third kappa shape index (κ3) is 3.82. The molecule has 0 aliphatic heterocycles. The Morgan fingerprint density at radius 3 is 2.72 bits per heavy atom. The van der Waals surface area contributed by atoms with Crippen molar-refractivity contribution in [1.29, 1.82) is 0 Å². The van der Waals surface area contributed by atoms with Crippen molar-refractivity contribution in [2.45, 2.75) is 18.7 Å². The van der Waals surface area contributed by atoms with Crippen molar-refractivity contribution in [2.24, 2.45) is 0 Å². The van der Waals surface area contributed by atoms with Crippen molar-refractivity contribution in [3.05, 3.63) is 45.9 Å². The van der Waals surface area contributed by atoms with Gasteiger partial charge in [0.2, 0.25) is 5.16 Å². The summed E-state index contributed by atoms with van der Waals surface area (Å²) in [5.41, 5.74) is 0.231. The minimum absolute atomic E-state index is 0.0220. The second-order valence-corrected chi connectivity index (χ2v) is 5.81. The van der Waals surface area contributed by atoms with Gasteiger partial charge in [-0.15, -0.1) is 10.2 Å². The number of carbonyl (C=O) groups is 1. The minimum Gasteiger partial charge on any atom is -0.435 e. The van der Waals surface area contributed by atoms with Gasteiger partial charge in [0.1, 0.15) is 11.4 Å². The molecule has 11 heteroatoms. The zero-order valence-corrected chi connectivity index (χ0v) is 13.6. The molecule has 3 rings (SSSR count). The predicted octanol–water partition coefficient (Wildman–Crippen LogP) is 1.70. The first kappa shape index (κ1) is 17.0. The largest absolute Gasteiger partial charge is 0.435 e. The molecule has 1 aromatic carbocycles. The van der Waals surface area contributed by atoms with Gasteiger partial charge in [-0.3, -0.25) is 14.6 Å². The van der Waals surface area contributed by atoms with Crippen LogP contribution >= 0.6 is 11.8 Å². The number of fused-ring (bicyclic) bond motifs is 1. The van der Waals surface area contributed by atoms with Crippen molar-refractivity contribution < 1.29 is 18.3 Å². The number of hydrogen-bond donors (Lipinski definition) is 1. The van der Waals surface area contributed by atoms with Gasteiger partial charge in [0.25, 0.3) is 11.3 Å². The molecule has 0 fully saturated rings. The van der Waals surface area contributed by atoms with E-state index in [0.29, 0.717) is 10.7 Å². The number of aryl methyl sites for hydroxylation is 1. The molecule has 2 aromatic heterocycles. The molecular weight excluding hydrogens is 356 g/mol. The highest BCUT2D eigenvalue weighted by atomic mass is 32.2. The van der Waals surface area contributed by atoms with E-state index in [1.165, 1.54) is 28.8 Å². The van der Waals surface area contributed by atoms with Crippen molar-refractivity contribution in [1.82, 2.24) is 24.8 Å². The number of Topliss-reactive ketones (excluding diaryl/α,β-unsaturated/α-hetero) is 1. The Morgan fingerprint density at radius 2 is 2.04 bits per heavy atom. The average Bonchev–Trinajstić information content (AvgIpc) is 2.95. The molecule has 0 saturated heterocycles. The summed E-state index contributed by atoms with van der Waals surface area (Å²) in [6.07, 6.45) is 0. The topological polar surface area (TPSA) is 102 Å². The number of halogens is 2. The summed E-state index contributed by atoms with van der Waals surface area (Å²) in [7, 11) is 0. The fourth-order valence-corrected chi connectivity index (χ4v) is 2.72. The minimum atomic E-state index is -2.92. The number of ether oxygens (including phenoxy) is 1. The summed E-state index contributed by atoms with van der Waals surface area (Å²) in [4.78, 5) is 26.2. The van der Waals surface area contributed by atoms with Crippen LogP contribution in [0.2, 0.25) is 0 Å². The Morgan fingerprint density at radius 1 is 1.32 bits per heavy atom. The predicted molar refractivity (Wildman–Crippen MR) is 84.3 cm³/mol. The molecule has 2 heterocycles. The highest BCUT2D eigenvalue weighted by Crippen LogP contribution is 2.19. The number of alkyl halides is 2. The molecule has 0 radical (unpaired) electrons. The smallest absolute Gasteiger partial charge is 0.387 e. The quantitative estimate of drug-likeness (QED) is 0.522. The van der Waals surface area contributed by atoms with Gasteiger partial charge in [-0.25, -0.2) is 0 Å². The number of aromatic amines is 1. The maximum Gasteiger partial charge on any atom is 0.387 e. The molecule has 0 amide bonds. The number of carbonyl (C=O) groups excluding carboxylic acids is 1. The van der Waals surface area contributed by atoms with E-state index in [4.69, 9.17) is 0 Å². The first-order valence-electron chi connectivity index (χ1n) is 6.97. The van der Waals surface area contributed by atoms with Crippen molar-refractivity contribution in [3.63, 3.8) is 0 Å². The molecule has 0 aliphatic carbocycles. The van der Waals surface area contributed by atoms with Crippen LogP contribution in [0.4, 0.5) is 8.78 Å². The van der Waals surface area contributed by atoms with Gasteiger partial charge in [0.15, 0.2) is 5.78 Å². The second kappa shape index (κ2) is 6.97. The van der Waals surface area contributed by atoms with Crippen LogP contribution in [-0.2, 0) is 0 Å². The Balaban J connectivity index is 1.70. The van der Waals surface area contributed by atoms with E-state index < -0.39 is 6.61 Å². The van der Waals surface area contributed by atoms with Crippen LogP contribution < -0.4 is 10.3 Å². The average molecular weight is 367 g/mol. The molecule has 0 spiro atoms. The van der Waals surface area contributed by atoms with E-state index in [2.05, 4.69) is 25.0 Å². The molecule has 0 unspecified atom stereocenters. The summed E-state index contributed by atoms with van der Waals surface area (Å²) in [6.45, 7) is -1.37. The van der Waals surface area contributed by atoms with Gasteiger partial charge in [0.05, 0.1) is 5.75 Å². The lowest BCUT2D eigenvalue weighted by Gasteiger charge is -2.05. The molecule has 8 nitrogen and oxygen atoms in total. The van der Waals surface area contributed by atoms with Gasteiger partial charge in [0, 0.05) is 5.56 Å². The SMILES string of the molecule is Cc1nn2c(SCC(=O)c3ccc(OC(F)F)cc3)nnc2[nH]c1=O. The van der Waals surface area contributed by atoms with Crippen LogP contribution in [-0.4, -0.2) is 42.9 Å². The van der Waals surface area contributed by atoms with Crippen molar-refractivity contribution >= 4 is 23.3 Å². The molecule has 130 valence electrons. The zero-order chi connectivity index (χ0) is 18.0. The molecule has 0 saturated carbocycles. The fourth-order valence-electron chi connectivity index (χ4n) is 1.95. The Labute approximate surface area is 143 Å². The molecule has 1 N–H and O–H groups in total. The van der Waals surface area contributed by atoms with E-state index in [0.717, 1.165) is 11.8 Å². The molecule has 3 aromatic rings. The maximum atomic E-state index is 12.2. The molecule has 0 aliphatic rings. The van der Waals surface area contributed by atoms with Gasteiger partial charge < -0.3 is 4.74 Å². The van der Waals surface area contributed by atoms with Crippen LogP contribution in [0.1, 0.15) is 16.1 Å². The van der Waals surface area contributed by atoms with E-state index in [9.17, 15) is 18.4 Å². The number of rotatable bonds is 6. The number of hydrogen-bond acceptors (Lipinski definition) is 7. The van der Waals surface area contributed by atoms with E-state index in [-0.39, 0.29) is 34.3 Å². The number of H-pyrrole nitrogens is 1. The first-order chi connectivity index (χ1) is 11.9. The number of thioether (sulfide) groups is 1. The number of benzene rings is 1. The zero-order valence-electron chi connectivity index (χ0n) is 12.8. The Hall–Kier alpha value is -2.82. The molecule has 25 heavy (non-hydrogen) atoms. The first-order valence-corrected chi connectivity index (χ1v) is 7.96. The normalized spacial score (nSPS) is 11.2. The number of ketones is 1. The second-order valence-electron chi connectivity index (χ2n) is 4.87.